The van der Waals surface area contributed by atoms with E-state index in [1.807, 2.05) is 0 Å². The van der Waals surface area contributed by atoms with Gasteiger partial charge in [0, 0.05) is 11.4 Å². The molecular weight excluding hydrogens is 182 g/mol. The van der Waals surface area contributed by atoms with Crippen LogP contribution < -0.4 is 0 Å². The van der Waals surface area contributed by atoms with Gasteiger partial charge in [-0.05, 0) is 0 Å². The lowest BCUT2D eigenvalue weighted by Gasteiger charge is -1.97. The largest absolute Gasteiger partial charge is 0.375 e. The van der Waals surface area contributed by atoms with Crippen molar-refractivity contribution in [1.29, 1.82) is 0 Å². The van der Waals surface area contributed by atoms with Gasteiger partial charge in [-0.25, -0.2) is 0 Å². The average molecular weight is 189 g/mol. The molecule has 0 fully saturated rings. The topological polar surface area (TPSA) is 9.23 Å². The maximum absolute atomic E-state index is 5.46. The summed E-state index contributed by atoms with van der Waals surface area (Å²) < 4.78 is 4.92. The molecule has 0 aromatic rings. The molecular formula is C5H7Cl3O. The fourth-order valence-corrected chi connectivity index (χ4v) is 0.505. The summed E-state index contributed by atoms with van der Waals surface area (Å²) in [4.78, 5) is 0. The summed E-state index contributed by atoms with van der Waals surface area (Å²) in [7, 11) is 0. The molecule has 0 amide bonds. The number of ether oxygens (including phenoxy) is 1. The zero-order valence-corrected chi connectivity index (χ0v) is 7.01. The van der Waals surface area contributed by atoms with Gasteiger partial charge in [0.05, 0.1) is 18.2 Å². The molecule has 0 aromatic heterocycles. The van der Waals surface area contributed by atoms with Crippen LogP contribution in [0.5, 0.6) is 0 Å². The van der Waals surface area contributed by atoms with Gasteiger partial charge in [0.2, 0.25) is 0 Å². The Morgan fingerprint density at radius 1 is 1.56 bits per heavy atom. The van der Waals surface area contributed by atoms with Gasteiger partial charge < -0.3 is 4.74 Å². The first-order valence-electron chi connectivity index (χ1n) is 2.39. The molecule has 0 heterocycles. The molecule has 0 bridgehead atoms. The van der Waals surface area contributed by atoms with Crippen LogP contribution in [0.4, 0.5) is 0 Å². The van der Waals surface area contributed by atoms with Gasteiger partial charge in [-0.1, -0.05) is 23.2 Å². The van der Waals surface area contributed by atoms with Gasteiger partial charge in [0.25, 0.3) is 0 Å². The molecule has 0 atom stereocenters. The summed E-state index contributed by atoms with van der Waals surface area (Å²) >= 11 is 16.0. The molecule has 0 unspecified atom stereocenters. The van der Waals surface area contributed by atoms with E-state index in [0.29, 0.717) is 24.1 Å². The lowest BCUT2D eigenvalue weighted by Crippen LogP contribution is -1.96. The van der Waals surface area contributed by atoms with E-state index in [0.717, 1.165) is 0 Å². The van der Waals surface area contributed by atoms with Crippen LogP contribution in [0.3, 0.4) is 0 Å². The van der Waals surface area contributed by atoms with Gasteiger partial charge in [-0.15, -0.1) is 11.6 Å². The second kappa shape index (κ2) is 6.69. The van der Waals surface area contributed by atoms with Crippen molar-refractivity contribution in [3.8, 4) is 0 Å². The minimum Gasteiger partial charge on any atom is -0.375 e. The highest BCUT2D eigenvalue weighted by atomic mass is 35.5. The van der Waals surface area contributed by atoms with Gasteiger partial charge in [0.15, 0.2) is 0 Å². The summed E-state index contributed by atoms with van der Waals surface area (Å²) in [5.74, 6) is 0.479. The predicted molar refractivity (Wildman–Crippen MR) is 41.3 cm³/mol. The van der Waals surface area contributed by atoms with E-state index in [2.05, 4.69) is 0 Å². The maximum atomic E-state index is 5.46. The van der Waals surface area contributed by atoms with Crippen molar-refractivity contribution in [3.63, 3.8) is 0 Å². The van der Waals surface area contributed by atoms with Crippen molar-refractivity contribution in [2.45, 2.75) is 0 Å². The molecule has 0 aromatic carbocycles. The first kappa shape index (κ1) is 9.57. The molecule has 0 N–H and O–H groups in total. The van der Waals surface area contributed by atoms with E-state index in [9.17, 15) is 0 Å². The van der Waals surface area contributed by atoms with Crippen molar-refractivity contribution in [3.05, 3.63) is 10.6 Å². The quantitative estimate of drug-likeness (QED) is 0.488. The van der Waals surface area contributed by atoms with Gasteiger partial charge >= 0.3 is 0 Å². The molecule has 1 nitrogen and oxygen atoms in total. The molecule has 54 valence electrons. The fraction of sp³-hybridized carbons (Fsp3) is 0.600. The monoisotopic (exact) mass is 188 g/mol. The summed E-state index contributed by atoms with van der Waals surface area (Å²) in [5, 5.41) is 0.488. The van der Waals surface area contributed by atoms with E-state index in [-0.39, 0.29) is 0 Å². The molecule has 0 radical (unpaired) electrons. The first-order chi connectivity index (χ1) is 4.31. The van der Waals surface area contributed by atoms with E-state index in [1.165, 1.54) is 5.54 Å². The van der Waals surface area contributed by atoms with Crippen molar-refractivity contribution in [2.24, 2.45) is 0 Å². The molecule has 0 aliphatic rings. The number of hydrogen-bond acceptors (Lipinski definition) is 1. The Morgan fingerprint density at radius 3 is 2.67 bits per heavy atom. The zero-order chi connectivity index (χ0) is 7.11. The van der Waals surface area contributed by atoms with Crippen LogP contribution in [0.15, 0.2) is 10.6 Å². The van der Waals surface area contributed by atoms with Gasteiger partial charge in [0.1, 0.15) is 0 Å². The predicted octanol–water partition coefficient (Wildman–Crippen LogP) is 2.56. The molecule has 9 heavy (non-hydrogen) atoms. The van der Waals surface area contributed by atoms with Gasteiger partial charge in [-0.3, -0.25) is 0 Å². The fourth-order valence-electron chi connectivity index (χ4n) is 0.256. The lowest BCUT2D eigenvalue weighted by molar-refractivity contribution is 0.177. The Morgan fingerprint density at radius 2 is 2.22 bits per heavy atom. The molecule has 0 saturated heterocycles. The number of hydrogen-bond donors (Lipinski definition) is 0. The normalized spacial score (nSPS) is 12.1. The van der Waals surface area contributed by atoms with Crippen LogP contribution in [-0.2, 0) is 4.74 Å². The Hall–Kier alpha value is 0.570. The summed E-state index contributed by atoms with van der Waals surface area (Å²) in [5.41, 5.74) is 1.27. The lowest BCUT2D eigenvalue weighted by atomic mass is 10.7. The van der Waals surface area contributed by atoms with Crippen LogP contribution in [0.1, 0.15) is 0 Å². The minimum absolute atomic E-state index is 0.345. The summed E-state index contributed by atoms with van der Waals surface area (Å²) in [6.07, 6.45) is 0. The zero-order valence-electron chi connectivity index (χ0n) is 4.74. The van der Waals surface area contributed by atoms with Crippen molar-refractivity contribution < 1.29 is 4.74 Å². The van der Waals surface area contributed by atoms with E-state index < -0.39 is 0 Å². The van der Waals surface area contributed by atoms with Crippen molar-refractivity contribution >= 4 is 34.8 Å². The second-order valence-corrected chi connectivity index (χ2v) is 2.38. The van der Waals surface area contributed by atoms with Crippen LogP contribution in [0.2, 0.25) is 0 Å². The minimum atomic E-state index is 0.345. The third kappa shape index (κ3) is 6.46. The third-order valence-electron chi connectivity index (χ3n) is 0.580. The van der Waals surface area contributed by atoms with Crippen molar-refractivity contribution in [2.75, 3.05) is 19.1 Å². The molecule has 0 aliphatic carbocycles. The van der Waals surface area contributed by atoms with Crippen molar-refractivity contribution in [1.82, 2.24) is 0 Å². The number of alkyl halides is 1. The third-order valence-corrected chi connectivity index (χ3v) is 1.33. The molecule has 0 saturated carbocycles. The number of halogens is 3. The van der Waals surface area contributed by atoms with E-state index >= 15 is 0 Å². The highest BCUT2D eigenvalue weighted by Gasteiger charge is 1.89. The van der Waals surface area contributed by atoms with E-state index in [1.54, 1.807) is 0 Å². The summed E-state index contributed by atoms with van der Waals surface area (Å²) in [6.45, 7) is 0.848. The van der Waals surface area contributed by atoms with Crippen LogP contribution >= 0.6 is 34.8 Å². The van der Waals surface area contributed by atoms with Crippen LogP contribution in [0, 0.1) is 0 Å². The molecule has 4 heteroatoms. The van der Waals surface area contributed by atoms with E-state index in [4.69, 9.17) is 39.5 Å². The van der Waals surface area contributed by atoms with Crippen LogP contribution in [-0.4, -0.2) is 19.1 Å². The summed E-state index contributed by atoms with van der Waals surface area (Å²) in [6, 6.07) is 0. The molecule has 0 rings (SSSR count). The average Bonchev–Trinajstić information content (AvgIpc) is 1.89. The highest BCUT2D eigenvalue weighted by molar-refractivity contribution is 6.36. The smallest absolute Gasteiger partial charge is 0.0832 e. The first-order valence-corrected chi connectivity index (χ1v) is 3.74. The second-order valence-electron chi connectivity index (χ2n) is 1.30. The molecule has 0 spiro atoms. The maximum Gasteiger partial charge on any atom is 0.0832 e. The Bertz CT molecular complexity index is 92.2. The Kier molecular flexibility index (Phi) is 7.11. The van der Waals surface area contributed by atoms with Crippen LogP contribution in [0.25, 0.3) is 0 Å². The molecule has 0 aliphatic heterocycles. The highest BCUT2D eigenvalue weighted by Crippen LogP contribution is 2.02. The number of rotatable bonds is 4. The standard InChI is InChI=1S/C5H7Cl3O/c6-1-2-9-4-5(8)3-7/h3H,1-2,4H2. The SMILES string of the molecule is ClC=C(Cl)COCCCl. The van der Waals surface area contributed by atoms with Gasteiger partial charge in [-0.2, -0.15) is 0 Å². The Balaban J connectivity index is 3.07. The Labute approximate surface area is 69.5 Å².